The summed E-state index contributed by atoms with van der Waals surface area (Å²) in [6.45, 7) is 0.980. The van der Waals surface area contributed by atoms with Gasteiger partial charge >= 0.3 is 0 Å². The third-order valence-corrected chi connectivity index (χ3v) is 4.05. The molecule has 0 spiro atoms. The summed E-state index contributed by atoms with van der Waals surface area (Å²) >= 11 is 1.32. The van der Waals surface area contributed by atoms with Crippen LogP contribution in [0.25, 0.3) is 10.2 Å². The number of aliphatic hydroxyl groups is 1. The summed E-state index contributed by atoms with van der Waals surface area (Å²) in [5.41, 5.74) is 7.06. The van der Waals surface area contributed by atoms with E-state index in [1.807, 2.05) is 12.1 Å². The number of thiophene rings is 1. The molecule has 2 aromatic heterocycles. The van der Waals surface area contributed by atoms with Crippen LogP contribution < -0.4 is 5.73 Å². The van der Waals surface area contributed by atoms with E-state index >= 15 is 0 Å². The van der Waals surface area contributed by atoms with Gasteiger partial charge in [-0.1, -0.05) is 0 Å². The number of hydrogen-bond donors (Lipinski definition) is 2. The maximum absolute atomic E-state index is 12.5. The number of rotatable bonds is 6. The van der Waals surface area contributed by atoms with E-state index in [0.717, 1.165) is 4.70 Å². The van der Waals surface area contributed by atoms with Gasteiger partial charge < -0.3 is 20.5 Å². The van der Waals surface area contributed by atoms with Gasteiger partial charge in [0.2, 0.25) is 0 Å². The van der Waals surface area contributed by atoms with Crippen molar-refractivity contribution in [3.63, 3.8) is 0 Å². The Bertz CT molecular complexity index is 600. The summed E-state index contributed by atoms with van der Waals surface area (Å²) in [6.07, 6.45) is 1.65. The zero-order valence-corrected chi connectivity index (χ0v) is 12.0. The highest BCUT2D eigenvalue weighted by atomic mass is 32.1. The molecular weight excluding hydrogens is 278 g/mol. The summed E-state index contributed by atoms with van der Waals surface area (Å²) in [5.74, 6) is -0.198. The third kappa shape index (κ3) is 2.90. The molecule has 108 valence electrons. The molecule has 2 heterocycles. The molecule has 1 amide bonds. The first-order valence-corrected chi connectivity index (χ1v) is 7.02. The van der Waals surface area contributed by atoms with Crippen LogP contribution in [0.15, 0.2) is 18.3 Å². The minimum Gasteiger partial charge on any atom is -0.396 e. The van der Waals surface area contributed by atoms with Crippen LogP contribution in [0.4, 0.5) is 5.69 Å². The van der Waals surface area contributed by atoms with Gasteiger partial charge in [-0.15, -0.1) is 11.3 Å². The number of carbonyl (C=O) groups is 1. The Kier molecular flexibility index (Phi) is 4.89. The van der Waals surface area contributed by atoms with Gasteiger partial charge in [-0.3, -0.25) is 9.78 Å². The molecular formula is C13H17N3O3S. The zero-order valence-electron chi connectivity index (χ0n) is 11.2. The molecule has 7 heteroatoms. The number of nitrogens with two attached hydrogens (primary N) is 1. The molecule has 0 saturated heterocycles. The number of aromatic nitrogens is 1. The van der Waals surface area contributed by atoms with Crippen LogP contribution in [0.1, 0.15) is 9.67 Å². The summed E-state index contributed by atoms with van der Waals surface area (Å²) < 4.78 is 5.86. The van der Waals surface area contributed by atoms with Gasteiger partial charge in [0.1, 0.15) is 10.4 Å². The van der Waals surface area contributed by atoms with Crippen molar-refractivity contribution in [3.8, 4) is 0 Å². The first kappa shape index (κ1) is 14.7. The average molecular weight is 295 g/mol. The highest BCUT2D eigenvalue weighted by Crippen LogP contribution is 2.32. The van der Waals surface area contributed by atoms with Gasteiger partial charge in [-0.05, 0) is 12.1 Å². The maximum Gasteiger partial charge on any atom is 0.266 e. The van der Waals surface area contributed by atoms with E-state index in [4.69, 9.17) is 15.6 Å². The number of hydrogen-bond acceptors (Lipinski definition) is 6. The van der Waals surface area contributed by atoms with Crippen molar-refractivity contribution >= 4 is 33.1 Å². The topological polar surface area (TPSA) is 88.7 Å². The number of pyridine rings is 1. The standard InChI is InChI=1S/C13H17N3O3S/c1-19-8-6-16(5-7-17)13(18)12-10(14)11-9(20-12)3-2-4-15-11/h2-4,17H,5-8,14H2,1H3. The summed E-state index contributed by atoms with van der Waals surface area (Å²) in [4.78, 5) is 18.7. The van der Waals surface area contributed by atoms with Gasteiger partial charge in [-0.25, -0.2) is 0 Å². The number of aliphatic hydroxyl groups excluding tert-OH is 1. The molecule has 0 bridgehead atoms. The van der Waals surface area contributed by atoms with Crippen LogP contribution in [0.2, 0.25) is 0 Å². The van der Waals surface area contributed by atoms with Crippen LogP contribution in [-0.4, -0.2) is 54.3 Å². The summed E-state index contributed by atoms with van der Waals surface area (Å²) in [5, 5.41) is 9.07. The maximum atomic E-state index is 12.5. The molecule has 0 aliphatic carbocycles. The number of fused-ring (bicyclic) bond motifs is 1. The van der Waals surface area contributed by atoms with E-state index in [0.29, 0.717) is 29.2 Å². The average Bonchev–Trinajstić information content (AvgIpc) is 2.80. The van der Waals surface area contributed by atoms with Crippen molar-refractivity contribution in [1.29, 1.82) is 0 Å². The van der Waals surface area contributed by atoms with Crippen LogP contribution in [0.5, 0.6) is 0 Å². The van der Waals surface area contributed by atoms with Crippen molar-refractivity contribution < 1.29 is 14.6 Å². The van der Waals surface area contributed by atoms with Crippen molar-refractivity contribution in [2.24, 2.45) is 0 Å². The van der Waals surface area contributed by atoms with E-state index in [9.17, 15) is 4.79 Å². The highest BCUT2D eigenvalue weighted by molar-refractivity contribution is 7.21. The predicted molar refractivity (Wildman–Crippen MR) is 78.9 cm³/mol. The third-order valence-electron chi connectivity index (χ3n) is 2.90. The van der Waals surface area contributed by atoms with E-state index in [1.54, 1.807) is 13.3 Å². The normalized spacial score (nSPS) is 10.9. The smallest absolute Gasteiger partial charge is 0.266 e. The highest BCUT2D eigenvalue weighted by Gasteiger charge is 2.22. The lowest BCUT2D eigenvalue weighted by Gasteiger charge is -2.20. The van der Waals surface area contributed by atoms with Crippen LogP contribution in [-0.2, 0) is 4.74 Å². The number of anilines is 1. The summed E-state index contributed by atoms with van der Waals surface area (Å²) in [6, 6.07) is 3.69. The Morgan fingerprint density at radius 3 is 3.00 bits per heavy atom. The van der Waals surface area contributed by atoms with Crippen LogP contribution >= 0.6 is 11.3 Å². The second kappa shape index (κ2) is 6.65. The second-order valence-electron chi connectivity index (χ2n) is 4.20. The van der Waals surface area contributed by atoms with Gasteiger partial charge in [0, 0.05) is 26.4 Å². The molecule has 0 radical (unpaired) electrons. The molecule has 2 rings (SSSR count). The van der Waals surface area contributed by atoms with Crippen molar-refractivity contribution in [2.45, 2.75) is 0 Å². The number of ether oxygens (including phenoxy) is 1. The van der Waals surface area contributed by atoms with Gasteiger partial charge in [0.15, 0.2) is 0 Å². The molecule has 2 aromatic rings. The van der Waals surface area contributed by atoms with Gasteiger partial charge in [0.05, 0.1) is 23.6 Å². The Hall–Kier alpha value is -1.70. The Morgan fingerprint density at radius 1 is 1.55 bits per heavy atom. The summed E-state index contributed by atoms with van der Waals surface area (Å²) in [7, 11) is 1.57. The van der Waals surface area contributed by atoms with E-state index < -0.39 is 0 Å². The molecule has 0 saturated carbocycles. The number of methoxy groups -OCH3 is 1. The fourth-order valence-corrected chi connectivity index (χ4v) is 2.94. The van der Waals surface area contributed by atoms with Gasteiger partial charge in [-0.2, -0.15) is 0 Å². The fraction of sp³-hybridized carbons (Fsp3) is 0.385. The molecule has 20 heavy (non-hydrogen) atoms. The largest absolute Gasteiger partial charge is 0.396 e. The van der Waals surface area contributed by atoms with Crippen molar-refractivity contribution in [3.05, 3.63) is 23.2 Å². The quantitative estimate of drug-likeness (QED) is 0.828. The number of carbonyl (C=O) groups excluding carboxylic acids is 1. The lowest BCUT2D eigenvalue weighted by atomic mass is 10.3. The Balaban J connectivity index is 2.30. The number of nitrogens with zero attached hydrogens (tertiary/aromatic N) is 2. The molecule has 0 aliphatic rings. The number of amides is 1. The van der Waals surface area contributed by atoms with E-state index in [-0.39, 0.29) is 19.1 Å². The molecule has 0 aromatic carbocycles. The first-order valence-electron chi connectivity index (χ1n) is 6.21. The number of nitrogen functional groups attached to an aromatic ring is 1. The Labute approximate surface area is 120 Å². The van der Waals surface area contributed by atoms with Crippen LogP contribution in [0, 0.1) is 0 Å². The monoisotopic (exact) mass is 295 g/mol. The minimum absolute atomic E-state index is 0.0987. The molecule has 0 atom stereocenters. The zero-order chi connectivity index (χ0) is 14.5. The lowest BCUT2D eigenvalue weighted by Crippen LogP contribution is -2.36. The molecule has 6 nitrogen and oxygen atoms in total. The molecule has 0 fully saturated rings. The first-order chi connectivity index (χ1) is 9.69. The van der Waals surface area contributed by atoms with Crippen molar-refractivity contribution in [1.82, 2.24) is 9.88 Å². The molecule has 3 N–H and O–H groups in total. The minimum atomic E-state index is -0.198. The predicted octanol–water partition coefficient (Wildman–Crippen LogP) is 0.959. The Morgan fingerprint density at radius 2 is 2.35 bits per heavy atom. The lowest BCUT2D eigenvalue weighted by molar-refractivity contribution is 0.0662. The van der Waals surface area contributed by atoms with Gasteiger partial charge in [0.25, 0.3) is 5.91 Å². The second-order valence-corrected chi connectivity index (χ2v) is 5.26. The van der Waals surface area contributed by atoms with E-state index in [1.165, 1.54) is 16.2 Å². The van der Waals surface area contributed by atoms with Crippen LogP contribution in [0.3, 0.4) is 0 Å². The SMILES string of the molecule is COCCN(CCO)C(=O)c1sc2cccnc2c1N. The fourth-order valence-electron chi connectivity index (χ4n) is 1.89. The van der Waals surface area contributed by atoms with E-state index in [2.05, 4.69) is 4.98 Å². The molecule has 0 unspecified atom stereocenters. The molecule has 0 aliphatic heterocycles. The van der Waals surface area contributed by atoms with Crippen molar-refractivity contribution in [2.75, 3.05) is 39.1 Å².